The minimum absolute atomic E-state index is 0.260. The Morgan fingerprint density at radius 2 is 2.03 bits per heavy atom. The van der Waals surface area contributed by atoms with Gasteiger partial charge in [-0.15, -0.1) is 0 Å². The van der Waals surface area contributed by atoms with Gasteiger partial charge in [-0.1, -0.05) is 11.7 Å². The van der Waals surface area contributed by atoms with Crippen LogP contribution in [0.5, 0.6) is 0 Å². The van der Waals surface area contributed by atoms with Crippen LogP contribution in [0.15, 0.2) is 47.8 Å². The van der Waals surface area contributed by atoms with Crippen LogP contribution >= 0.6 is 0 Å². The Kier molecular flexibility index (Phi) is 4.98. The molecule has 0 fully saturated rings. The number of hydrogen-bond acceptors (Lipinski definition) is 6. The molecule has 0 radical (unpaired) electrons. The number of aromatic nitrogens is 5. The molecule has 4 rings (SSSR count). The van der Waals surface area contributed by atoms with Gasteiger partial charge >= 0.3 is 6.18 Å². The lowest BCUT2D eigenvalue weighted by atomic mass is 10.2. The van der Waals surface area contributed by atoms with Gasteiger partial charge in [-0.2, -0.15) is 13.2 Å². The highest BCUT2D eigenvalue weighted by Gasteiger charge is 2.30. The Hall–Kier alpha value is -3.69. The predicted molar refractivity (Wildman–Crippen MR) is 105 cm³/mol. The lowest BCUT2D eigenvalue weighted by molar-refractivity contribution is -0.137. The number of nitrogens with one attached hydrogen (secondary N) is 1. The average Bonchev–Trinajstić information content (AvgIpc) is 3.32. The molecule has 0 saturated carbocycles. The molecule has 0 amide bonds. The molecule has 0 aromatic carbocycles. The quantitative estimate of drug-likeness (QED) is 0.502. The summed E-state index contributed by atoms with van der Waals surface area (Å²) < 4.78 is 45.2. The molecular weight excluding hydrogens is 397 g/mol. The number of pyridine rings is 1. The molecule has 0 atom stereocenters. The molecule has 154 valence electrons. The van der Waals surface area contributed by atoms with Crippen molar-refractivity contribution < 1.29 is 17.7 Å². The van der Waals surface area contributed by atoms with E-state index < -0.39 is 11.7 Å². The first-order valence-corrected chi connectivity index (χ1v) is 9.01. The van der Waals surface area contributed by atoms with Crippen LogP contribution in [-0.2, 0) is 19.3 Å². The number of anilines is 1. The van der Waals surface area contributed by atoms with E-state index in [1.54, 1.807) is 25.3 Å². The summed E-state index contributed by atoms with van der Waals surface area (Å²) in [4.78, 5) is 12.8. The first-order chi connectivity index (χ1) is 14.3. The summed E-state index contributed by atoms with van der Waals surface area (Å²) in [6.07, 6.45) is -0.257. The zero-order valence-electron chi connectivity index (χ0n) is 15.9. The van der Waals surface area contributed by atoms with E-state index in [0.29, 0.717) is 46.4 Å². The van der Waals surface area contributed by atoms with E-state index in [2.05, 4.69) is 32.0 Å². The van der Waals surface area contributed by atoms with Crippen LogP contribution in [0, 0.1) is 6.92 Å². The van der Waals surface area contributed by atoms with Gasteiger partial charge in [0.15, 0.2) is 11.6 Å². The van der Waals surface area contributed by atoms with Crippen molar-refractivity contribution >= 4 is 22.9 Å². The van der Waals surface area contributed by atoms with Gasteiger partial charge in [0.05, 0.1) is 29.9 Å². The zero-order valence-corrected chi connectivity index (χ0v) is 15.9. The van der Waals surface area contributed by atoms with E-state index in [1.165, 1.54) is 6.07 Å². The molecule has 0 spiro atoms. The Balaban J connectivity index is 1.65. The Morgan fingerprint density at radius 3 is 2.67 bits per heavy atom. The minimum atomic E-state index is -4.42. The molecule has 0 aliphatic carbocycles. The summed E-state index contributed by atoms with van der Waals surface area (Å²) in [6.45, 7) is 6.16. The van der Waals surface area contributed by atoms with Gasteiger partial charge in [0.25, 0.3) is 0 Å². The van der Waals surface area contributed by atoms with Crippen molar-refractivity contribution in [2.45, 2.75) is 26.2 Å². The van der Waals surface area contributed by atoms with Crippen molar-refractivity contribution in [1.29, 1.82) is 0 Å². The Morgan fingerprint density at radius 1 is 1.20 bits per heavy atom. The molecule has 0 aliphatic rings. The molecule has 4 aromatic rings. The monoisotopic (exact) mass is 414 g/mol. The smallest absolute Gasteiger partial charge is 0.362 e. The second kappa shape index (κ2) is 7.62. The van der Waals surface area contributed by atoms with Crippen LogP contribution in [0.1, 0.15) is 28.5 Å². The standard InChI is InChI=1S/C20H17F3N6O/c1-3-17-26-16-6-7-29(11-14-5-4-13(9-24-14)20(21,22)23)18(16)19(27-17)25-10-15-8-12(2)30-28-15/h3-9H,1,10-11H2,2H3,(H,25,26,27). The first kappa shape index (κ1) is 19.6. The number of nitrogens with zero attached hydrogens (tertiary/aromatic N) is 5. The van der Waals surface area contributed by atoms with E-state index >= 15 is 0 Å². The van der Waals surface area contributed by atoms with Crippen LogP contribution in [-0.4, -0.2) is 24.7 Å². The number of rotatable bonds is 6. The molecule has 30 heavy (non-hydrogen) atoms. The lowest BCUT2D eigenvalue weighted by Gasteiger charge is -2.11. The van der Waals surface area contributed by atoms with Gasteiger partial charge < -0.3 is 14.4 Å². The van der Waals surface area contributed by atoms with Crippen LogP contribution in [0.3, 0.4) is 0 Å². The molecule has 0 unspecified atom stereocenters. The highest BCUT2D eigenvalue weighted by Crippen LogP contribution is 2.29. The first-order valence-electron chi connectivity index (χ1n) is 9.01. The maximum atomic E-state index is 12.8. The van der Waals surface area contributed by atoms with Gasteiger partial charge in [0, 0.05) is 18.5 Å². The highest BCUT2D eigenvalue weighted by molar-refractivity contribution is 5.87. The van der Waals surface area contributed by atoms with E-state index in [-0.39, 0.29) is 6.54 Å². The number of aryl methyl sites for hydroxylation is 1. The van der Waals surface area contributed by atoms with Crippen molar-refractivity contribution in [2.75, 3.05) is 5.32 Å². The van der Waals surface area contributed by atoms with Gasteiger partial charge in [-0.3, -0.25) is 4.98 Å². The molecule has 0 saturated heterocycles. The fourth-order valence-electron chi connectivity index (χ4n) is 3.01. The molecular formula is C20H17F3N6O. The zero-order chi connectivity index (χ0) is 21.3. The summed E-state index contributed by atoms with van der Waals surface area (Å²) in [6, 6.07) is 6.00. The maximum absolute atomic E-state index is 12.8. The number of fused-ring (bicyclic) bond motifs is 1. The number of alkyl halides is 3. The van der Waals surface area contributed by atoms with Gasteiger partial charge in [0.1, 0.15) is 17.0 Å². The third-order valence-corrected chi connectivity index (χ3v) is 4.41. The molecule has 1 N–H and O–H groups in total. The minimum Gasteiger partial charge on any atom is -0.362 e. The second-order valence-electron chi connectivity index (χ2n) is 6.63. The van der Waals surface area contributed by atoms with Crippen LogP contribution in [0.25, 0.3) is 17.1 Å². The summed E-state index contributed by atoms with van der Waals surface area (Å²) in [5.74, 6) is 1.70. The van der Waals surface area contributed by atoms with E-state index in [1.807, 2.05) is 10.6 Å². The van der Waals surface area contributed by atoms with E-state index in [9.17, 15) is 13.2 Å². The summed E-state index contributed by atoms with van der Waals surface area (Å²) in [7, 11) is 0. The Bertz CT molecular complexity index is 1190. The molecule has 0 aliphatic heterocycles. The van der Waals surface area contributed by atoms with Crippen molar-refractivity contribution in [2.24, 2.45) is 0 Å². The second-order valence-corrected chi connectivity index (χ2v) is 6.63. The average molecular weight is 414 g/mol. The molecule has 10 heteroatoms. The van der Waals surface area contributed by atoms with Crippen LogP contribution in [0.4, 0.5) is 19.0 Å². The topological polar surface area (TPSA) is 81.7 Å². The normalized spacial score (nSPS) is 11.7. The van der Waals surface area contributed by atoms with Crippen molar-refractivity contribution in [3.63, 3.8) is 0 Å². The van der Waals surface area contributed by atoms with Gasteiger partial charge in [-0.05, 0) is 31.2 Å². The number of hydrogen-bond donors (Lipinski definition) is 1. The fourth-order valence-corrected chi connectivity index (χ4v) is 3.01. The van der Waals surface area contributed by atoms with Crippen LogP contribution < -0.4 is 5.32 Å². The van der Waals surface area contributed by atoms with Crippen molar-refractivity contribution in [3.8, 4) is 0 Å². The molecule has 4 aromatic heterocycles. The van der Waals surface area contributed by atoms with Crippen LogP contribution in [0.2, 0.25) is 0 Å². The fraction of sp³-hybridized carbons (Fsp3) is 0.200. The van der Waals surface area contributed by atoms with Crippen molar-refractivity contribution in [3.05, 3.63) is 71.8 Å². The van der Waals surface area contributed by atoms with Gasteiger partial charge in [-0.25, -0.2) is 9.97 Å². The largest absolute Gasteiger partial charge is 0.417 e. The van der Waals surface area contributed by atoms with E-state index in [0.717, 1.165) is 12.3 Å². The van der Waals surface area contributed by atoms with E-state index in [4.69, 9.17) is 4.52 Å². The Labute approximate surface area is 169 Å². The number of halogens is 3. The summed E-state index contributed by atoms with van der Waals surface area (Å²) >= 11 is 0. The SMILES string of the molecule is C=Cc1nc(NCc2cc(C)on2)c2c(ccn2Cc2ccc(C(F)(F)F)cn2)n1. The molecule has 0 bridgehead atoms. The molecule has 4 heterocycles. The summed E-state index contributed by atoms with van der Waals surface area (Å²) in [5.41, 5.74) is 1.77. The third kappa shape index (κ3) is 4.02. The maximum Gasteiger partial charge on any atom is 0.417 e. The third-order valence-electron chi connectivity index (χ3n) is 4.41. The van der Waals surface area contributed by atoms with Gasteiger partial charge in [0.2, 0.25) is 0 Å². The molecule has 7 nitrogen and oxygen atoms in total. The predicted octanol–water partition coefficient (Wildman–Crippen LogP) is 4.44. The summed E-state index contributed by atoms with van der Waals surface area (Å²) in [5, 5.41) is 7.17. The lowest BCUT2D eigenvalue weighted by Crippen LogP contribution is -2.09. The highest BCUT2D eigenvalue weighted by atomic mass is 19.4. The van der Waals surface area contributed by atoms with Crippen molar-refractivity contribution in [1.82, 2.24) is 24.7 Å².